The van der Waals surface area contributed by atoms with Crippen molar-refractivity contribution in [1.29, 1.82) is 0 Å². The minimum absolute atomic E-state index is 0.0155. The quantitative estimate of drug-likeness (QED) is 0.727. The van der Waals surface area contributed by atoms with Gasteiger partial charge < -0.3 is 10.4 Å². The minimum Gasteiger partial charge on any atom is -0.392 e. The van der Waals surface area contributed by atoms with Gasteiger partial charge in [-0.15, -0.1) is 0 Å². The molecule has 1 saturated heterocycles. The molecule has 1 aliphatic carbocycles. The molecular formula is C21H21F3N2O4S. The molecule has 2 fully saturated rings. The van der Waals surface area contributed by atoms with Crippen molar-refractivity contribution in [2.45, 2.75) is 30.5 Å². The number of benzene rings is 2. The van der Waals surface area contributed by atoms with Crippen LogP contribution in [0.4, 0.5) is 18.9 Å². The number of fused-ring (bicyclic) bond motifs is 1. The fourth-order valence-corrected chi connectivity index (χ4v) is 5.74. The molecule has 4 rings (SSSR count). The van der Waals surface area contributed by atoms with Crippen LogP contribution in [0.25, 0.3) is 0 Å². The Morgan fingerprint density at radius 2 is 1.84 bits per heavy atom. The van der Waals surface area contributed by atoms with Crippen LogP contribution >= 0.6 is 0 Å². The molecule has 6 nitrogen and oxygen atoms in total. The Bertz CT molecular complexity index is 1120. The summed E-state index contributed by atoms with van der Waals surface area (Å²) in [6.45, 7) is -0.907. The summed E-state index contributed by atoms with van der Waals surface area (Å²) in [5.41, 5.74) is -0.200. The van der Waals surface area contributed by atoms with E-state index >= 15 is 0 Å². The molecule has 2 aromatic carbocycles. The van der Waals surface area contributed by atoms with Crippen molar-refractivity contribution in [2.75, 3.05) is 18.4 Å². The lowest BCUT2D eigenvalue weighted by Gasteiger charge is -2.24. The van der Waals surface area contributed by atoms with Crippen LogP contribution in [-0.2, 0) is 16.7 Å². The Hall–Kier alpha value is -2.43. The number of amides is 1. The van der Waals surface area contributed by atoms with Crippen LogP contribution in [0.3, 0.4) is 0 Å². The number of rotatable bonds is 5. The zero-order valence-corrected chi connectivity index (χ0v) is 17.2. The molecule has 10 heteroatoms. The summed E-state index contributed by atoms with van der Waals surface area (Å²) in [7, 11) is -4.16. The van der Waals surface area contributed by atoms with Gasteiger partial charge in [-0.25, -0.2) is 21.6 Å². The van der Waals surface area contributed by atoms with Gasteiger partial charge in [-0.05, 0) is 48.9 Å². The van der Waals surface area contributed by atoms with Crippen molar-refractivity contribution in [1.82, 2.24) is 4.31 Å². The lowest BCUT2D eigenvalue weighted by Crippen LogP contribution is -2.38. The van der Waals surface area contributed by atoms with Crippen molar-refractivity contribution in [3.05, 3.63) is 59.2 Å². The van der Waals surface area contributed by atoms with E-state index in [1.165, 1.54) is 12.1 Å². The Balaban J connectivity index is 1.63. The summed E-state index contributed by atoms with van der Waals surface area (Å²) in [5.74, 6) is -2.51. The van der Waals surface area contributed by atoms with E-state index in [2.05, 4.69) is 5.32 Å². The highest BCUT2D eigenvalue weighted by Crippen LogP contribution is 2.45. The molecule has 0 spiro atoms. The zero-order valence-electron chi connectivity index (χ0n) is 16.4. The number of nitrogens with one attached hydrogen (secondary N) is 1. The normalized spacial score (nSPS) is 23.7. The first-order chi connectivity index (χ1) is 14.7. The Labute approximate surface area is 177 Å². The van der Waals surface area contributed by atoms with Gasteiger partial charge in [-0.1, -0.05) is 6.07 Å². The summed E-state index contributed by atoms with van der Waals surface area (Å²) in [4.78, 5) is 12.2. The molecule has 0 aromatic heterocycles. The lowest BCUT2D eigenvalue weighted by molar-refractivity contribution is 0.102. The number of β-amino-alcohol motifs (C(OH)–C–C–N with tert-alkyl or cyclic N) is 1. The van der Waals surface area contributed by atoms with E-state index in [4.69, 9.17) is 0 Å². The molecule has 1 aliphatic heterocycles. The third-order valence-electron chi connectivity index (χ3n) is 5.77. The van der Waals surface area contributed by atoms with Gasteiger partial charge in [-0.3, -0.25) is 4.79 Å². The first-order valence-corrected chi connectivity index (χ1v) is 11.3. The van der Waals surface area contributed by atoms with Crippen molar-refractivity contribution < 1.29 is 31.5 Å². The monoisotopic (exact) mass is 454 g/mol. The average molecular weight is 454 g/mol. The predicted octanol–water partition coefficient (Wildman–Crippen LogP) is 3.08. The molecule has 3 unspecified atom stereocenters. The number of carbonyl (C=O) groups is 1. The van der Waals surface area contributed by atoms with E-state index in [0.717, 1.165) is 35.0 Å². The van der Waals surface area contributed by atoms with Crippen LogP contribution in [-0.4, -0.2) is 42.9 Å². The molecule has 2 aromatic rings. The number of aliphatic hydroxyl groups excluding tert-OH is 1. The molecule has 0 radical (unpaired) electrons. The first-order valence-electron chi connectivity index (χ1n) is 9.82. The smallest absolute Gasteiger partial charge is 0.255 e. The Morgan fingerprint density at radius 3 is 2.55 bits per heavy atom. The zero-order chi connectivity index (χ0) is 22.3. The summed E-state index contributed by atoms with van der Waals surface area (Å²) in [6, 6.07) is 6.35. The van der Waals surface area contributed by atoms with Crippen LogP contribution in [0.1, 0.15) is 28.8 Å². The van der Waals surface area contributed by atoms with Crippen LogP contribution in [0.15, 0.2) is 41.3 Å². The van der Waals surface area contributed by atoms with Crippen LogP contribution < -0.4 is 5.32 Å². The van der Waals surface area contributed by atoms with Gasteiger partial charge in [0.2, 0.25) is 10.0 Å². The van der Waals surface area contributed by atoms with Gasteiger partial charge in [0.05, 0.1) is 11.0 Å². The molecule has 0 bridgehead atoms. The maximum absolute atomic E-state index is 13.6. The number of alkyl halides is 1. The number of carbonyl (C=O) groups excluding carboxylic acids is 1. The standard InChI is InChI=1S/C21H21F3N2O4S/c22-9-13-2-1-12(21(28)25-16-3-4-18(23)19(24)8-16)7-20(13)31(29,30)26-10-15-5-14(15)6-17(27)11-26/h1-4,7-8,14-15,17,27H,5-6,9-11H2,(H,25,28). The highest BCUT2D eigenvalue weighted by Gasteiger charge is 2.45. The van der Waals surface area contributed by atoms with Gasteiger partial charge in [0.1, 0.15) is 6.67 Å². The number of aliphatic hydroxyl groups is 1. The third-order valence-corrected chi connectivity index (χ3v) is 7.68. The van der Waals surface area contributed by atoms with E-state index < -0.39 is 40.3 Å². The second-order valence-electron chi connectivity index (χ2n) is 8.01. The number of hydrogen-bond acceptors (Lipinski definition) is 4. The fourth-order valence-electron chi connectivity index (χ4n) is 3.98. The lowest BCUT2D eigenvalue weighted by atomic mass is 10.1. The van der Waals surface area contributed by atoms with Crippen molar-refractivity contribution in [3.63, 3.8) is 0 Å². The molecule has 3 atom stereocenters. The second-order valence-corrected chi connectivity index (χ2v) is 9.91. The molecule has 2 aliphatic rings. The number of halogens is 3. The summed E-state index contributed by atoms with van der Waals surface area (Å²) in [6.07, 6.45) is 0.569. The van der Waals surface area contributed by atoms with E-state index in [-0.39, 0.29) is 40.7 Å². The number of nitrogens with zero attached hydrogens (tertiary/aromatic N) is 1. The average Bonchev–Trinajstić information content (AvgIpc) is 3.47. The molecule has 2 N–H and O–H groups in total. The molecule has 166 valence electrons. The molecule has 1 heterocycles. The van der Waals surface area contributed by atoms with Gasteiger partial charge in [-0.2, -0.15) is 4.31 Å². The number of sulfonamides is 1. The van der Waals surface area contributed by atoms with Crippen molar-refractivity contribution in [3.8, 4) is 0 Å². The van der Waals surface area contributed by atoms with Gasteiger partial charge in [0.15, 0.2) is 11.6 Å². The molecular weight excluding hydrogens is 433 g/mol. The van der Waals surface area contributed by atoms with Crippen molar-refractivity contribution >= 4 is 21.6 Å². The van der Waals surface area contributed by atoms with E-state index in [0.29, 0.717) is 12.3 Å². The van der Waals surface area contributed by atoms with E-state index in [1.54, 1.807) is 0 Å². The molecule has 1 amide bonds. The van der Waals surface area contributed by atoms with Gasteiger partial charge >= 0.3 is 0 Å². The highest BCUT2D eigenvalue weighted by molar-refractivity contribution is 7.89. The summed E-state index contributed by atoms with van der Waals surface area (Å²) < 4.78 is 67.7. The maximum Gasteiger partial charge on any atom is 0.255 e. The van der Waals surface area contributed by atoms with Gasteiger partial charge in [0.25, 0.3) is 5.91 Å². The Morgan fingerprint density at radius 1 is 1.06 bits per heavy atom. The van der Waals surface area contributed by atoms with Gasteiger partial charge in [0, 0.05) is 36.0 Å². The van der Waals surface area contributed by atoms with Crippen LogP contribution in [0, 0.1) is 23.5 Å². The Kier molecular flexibility index (Phi) is 5.80. The molecule has 31 heavy (non-hydrogen) atoms. The second kappa shape index (κ2) is 8.25. The predicted molar refractivity (Wildman–Crippen MR) is 107 cm³/mol. The van der Waals surface area contributed by atoms with Crippen molar-refractivity contribution in [2.24, 2.45) is 11.8 Å². The van der Waals surface area contributed by atoms with Crippen LogP contribution in [0.5, 0.6) is 0 Å². The first kappa shape index (κ1) is 21.8. The molecule has 1 saturated carbocycles. The number of hydrogen-bond donors (Lipinski definition) is 2. The van der Waals surface area contributed by atoms with E-state index in [9.17, 15) is 31.5 Å². The summed E-state index contributed by atoms with van der Waals surface area (Å²) in [5, 5.41) is 12.5. The topological polar surface area (TPSA) is 86.7 Å². The highest BCUT2D eigenvalue weighted by atomic mass is 32.2. The third kappa shape index (κ3) is 4.46. The minimum atomic E-state index is -4.16. The maximum atomic E-state index is 13.6. The fraction of sp³-hybridized carbons (Fsp3) is 0.381. The summed E-state index contributed by atoms with van der Waals surface area (Å²) >= 11 is 0. The number of anilines is 1. The van der Waals surface area contributed by atoms with Crippen LogP contribution in [0.2, 0.25) is 0 Å². The SMILES string of the molecule is O=C(Nc1ccc(F)c(F)c1)c1ccc(CF)c(S(=O)(=O)N2CC(O)CC3CC3C2)c1. The van der Waals surface area contributed by atoms with E-state index in [1.807, 2.05) is 0 Å². The largest absolute Gasteiger partial charge is 0.392 e.